The summed E-state index contributed by atoms with van der Waals surface area (Å²) in [6, 6.07) is 9.39. The first-order valence-electron chi connectivity index (χ1n) is 7.25. The smallest absolute Gasteiger partial charge is 0.215 e. The van der Waals surface area contributed by atoms with Crippen molar-refractivity contribution in [1.82, 2.24) is 4.31 Å². The minimum atomic E-state index is -3.36. The second-order valence-electron chi connectivity index (χ2n) is 5.61. The molecule has 1 aromatic carbocycles. The summed E-state index contributed by atoms with van der Waals surface area (Å²) in [5, 5.41) is 0. The highest BCUT2D eigenvalue weighted by Gasteiger charge is 2.34. The van der Waals surface area contributed by atoms with E-state index in [-0.39, 0.29) is 22.7 Å². The molecule has 4 nitrogen and oxygen atoms in total. The molecule has 0 aromatic heterocycles. The van der Waals surface area contributed by atoms with Gasteiger partial charge in [-0.1, -0.05) is 55.9 Å². The van der Waals surface area contributed by atoms with Crippen LogP contribution in [0.15, 0.2) is 30.3 Å². The van der Waals surface area contributed by atoms with Crippen LogP contribution in [0.25, 0.3) is 0 Å². The fourth-order valence-electron chi connectivity index (χ4n) is 2.81. The van der Waals surface area contributed by atoms with E-state index in [2.05, 4.69) is 0 Å². The van der Waals surface area contributed by atoms with Crippen molar-refractivity contribution in [3.8, 4) is 0 Å². The van der Waals surface area contributed by atoms with Crippen molar-refractivity contribution in [2.24, 2.45) is 5.73 Å². The summed E-state index contributed by atoms with van der Waals surface area (Å²) in [4.78, 5) is 0.283. The standard InChI is InChI=1S/C15H22N2O2S2/c1-12(13-7-3-2-4-8-13)11-21(18,19)17-10-6-5-9-14(17)15(16)20/h2-4,7-8,12,14H,5-6,9-11H2,1H3,(H2,16,20). The zero-order valence-electron chi connectivity index (χ0n) is 12.2. The monoisotopic (exact) mass is 326 g/mol. The molecule has 6 heteroatoms. The highest BCUT2D eigenvalue weighted by Crippen LogP contribution is 2.25. The summed E-state index contributed by atoms with van der Waals surface area (Å²) in [6.07, 6.45) is 2.58. The number of sulfonamides is 1. The summed E-state index contributed by atoms with van der Waals surface area (Å²) in [6.45, 7) is 2.46. The maximum atomic E-state index is 12.7. The third kappa shape index (κ3) is 4.02. The van der Waals surface area contributed by atoms with Crippen LogP contribution in [0.5, 0.6) is 0 Å². The Labute approximate surface area is 132 Å². The van der Waals surface area contributed by atoms with Crippen molar-refractivity contribution >= 4 is 27.2 Å². The number of rotatable bonds is 5. The molecule has 1 saturated heterocycles. The van der Waals surface area contributed by atoms with E-state index < -0.39 is 10.0 Å². The Morgan fingerprint density at radius 3 is 2.67 bits per heavy atom. The molecule has 21 heavy (non-hydrogen) atoms. The fourth-order valence-corrected chi connectivity index (χ4v) is 5.15. The fraction of sp³-hybridized carbons (Fsp3) is 0.533. The Morgan fingerprint density at radius 1 is 1.38 bits per heavy atom. The Bertz CT molecular complexity index is 587. The van der Waals surface area contributed by atoms with E-state index in [4.69, 9.17) is 18.0 Å². The lowest BCUT2D eigenvalue weighted by Gasteiger charge is -2.34. The SMILES string of the molecule is CC(CS(=O)(=O)N1CCCCC1C(N)=S)c1ccccc1. The van der Waals surface area contributed by atoms with Crippen LogP contribution in [0, 0.1) is 0 Å². The minimum absolute atomic E-state index is 0.0508. The van der Waals surface area contributed by atoms with E-state index >= 15 is 0 Å². The first kappa shape index (κ1) is 16.4. The molecule has 0 bridgehead atoms. The van der Waals surface area contributed by atoms with E-state index in [0.717, 1.165) is 24.8 Å². The lowest BCUT2D eigenvalue weighted by Crippen LogP contribution is -2.50. The van der Waals surface area contributed by atoms with Gasteiger partial charge in [0.1, 0.15) is 0 Å². The van der Waals surface area contributed by atoms with E-state index in [0.29, 0.717) is 6.54 Å². The Hall–Kier alpha value is -0.980. The zero-order chi connectivity index (χ0) is 15.5. The van der Waals surface area contributed by atoms with E-state index in [9.17, 15) is 8.42 Å². The van der Waals surface area contributed by atoms with Gasteiger partial charge < -0.3 is 5.73 Å². The van der Waals surface area contributed by atoms with Gasteiger partial charge in [-0.2, -0.15) is 4.31 Å². The van der Waals surface area contributed by atoms with Crippen LogP contribution in [0.1, 0.15) is 37.7 Å². The number of hydrogen-bond acceptors (Lipinski definition) is 3. The zero-order valence-corrected chi connectivity index (χ0v) is 13.9. The first-order chi connectivity index (χ1) is 9.92. The topological polar surface area (TPSA) is 63.4 Å². The Morgan fingerprint density at radius 2 is 2.05 bits per heavy atom. The van der Waals surface area contributed by atoms with Crippen molar-refractivity contribution < 1.29 is 8.42 Å². The average molecular weight is 326 g/mol. The predicted molar refractivity (Wildman–Crippen MR) is 89.8 cm³/mol. The van der Waals surface area contributed by atoms with Gasteiger partial charge in [0.05, 0.1) is 16.8 Å². The molecule has 1 aliphatic heterocycles. The number of hydrogen-bond donors (Lipinski definition) is 1. The largest absolute Gasteiger partial charge is 0.392 e. The Kier molecular flexibility index (Phi) is 5.35. The molecule has 2 rings (SSSR count). The van der Waals surface area contributed by atoms with Crippen LogP contribution in [0.2, 0.25) is 0 Å². The molecule has 0 saturated carbocycles. The van der Waals surface area contributed by atoms with E-state index in [1.165, 1.54) is 4.31 Å². The third-order valence-corrected chi connectivity index (χ3v) is 6.31. The minimum Gasteiger partial charge on any atom is -0.392 e. The number of thiocarbonyl (C=S) groups is 1. The van der Waals surface area contributed by atoms with Gasteiger partial charge >= 0.3 is 0 Å². The molecular formula is C15H22N2O2S2. The molecule has 1 heterocycles. The molecule has 0 aliphatic carbocycles. The van der Waals surface area contributed by atoms with Crippen molar-refractivity contribution in [1.29, 1.82) is 0 Å². The Balaban J connectivity index is 2.15. The normalized spacial score (nSPS) is 21.9. The van der Waals surface area contributed by atoms with Crippen LogP contribution in [-0.4, -0.2) is 36.1 Å². The number of nitrogens with two attached hydrogens (primary N) is 1. The molecule has 1 aromatic rings. The molecule has 116 valence electrons. The highest BCUT2D eigenvalue weighted by molar-refractivity contribution is 7.89. The lowest BCUT2D eigenvalue weighted by molar-refractivity contribution is 0.306. The molecule has 2 atom stereocenters. The lowest BCUT2D eigenvalue weighted by atomic mass is 10.0. The summed E-state index contributed by atoms with van der Waals surface area (Å²) >= 11 is 5.04. The van der Waals surface area contributed by atoms with Crippen LogP contribution in [0.4, 0.5) is 0 Å². The van der Waals surface area contributed by atoms with Gasteiger partial charge in [0.2, 0.25) is 10.0 Å². The van der Waals surface area contributed by atoms with E-state index in [1.54, 1.807) is 0 Å². The summed E-state index contributed by atoms with van der Waals surface area (Å²) in [7, 11) is -3.36. The van der Waals surface area contributed by atoms with Gasteiger partial charge in [-0.15, -0.1) is 0 Å². The summed E-state index contributed by atoms with van der Waals surface area (Å²) in [5.41, 5.74) is 6.75. The van der Waals surface area contributed by atoms with Gasteiger partial charge in [-0.3, -0.25) is 0 Å². The van der Waals surface area contributed by atoms with Crippen molar-refractivity contribution in [2.45, 2.75) is 38.1 Å². The van der Waals surface area contributed by atoms with Gasteiger partial charge in [-0.25, -0.2) is 8.42 Å². The van der Waals surface area contributed by atoms with Crippen molar-refractivity contribution in [3.63, 3.8) is 0 Å². The maximum Gasteiger partial charge on any atom is 0.215 e. The molecule has 0 amide bonds. The number of benzene rings is 1. The number of nitrogens with zero attached hydrogens (tertiary/aromatic N) is 1. The third-order valence-electron chi connectivity index (χ3n) is 3.97. The summed E-state index contributed by atoms with van der Waals surface area (Å²) < 4.78 is 26.9. The quantitative estimate of drug-likeness (QED) is 0.843. The first-order valence-corrected chi connectivity index (χ1v) is 9.27. The maximum absolute atomic E-state index is 12.7. The second-order valence-corrected chi connectivity index (χ2v) is 8.05. The molecule has 0 radical (unpaired) electrons. The van der Waals surface area contributed by atoms with Crippen LogP contribution >= 0.6 is 12.2 Å². The van der Waals surface area contributed by atoms with Gasteiger partial charge in [0.25, 0.3) is 0 Å². The molecular weight excluding hydrogens is 304 g/mol. The van der Waals surface area contributed by atoms with Crippen LogP contribution in [-0.2, 0) is 10.0 Å². The molecule has 1 fully saturated rings. The molecule has 1 aliphatic rings. The number of piperidine rings is 1. The molecule has 0 spiro atoms. The summed E-state index contributed by atoms with van der Waals surface area (Å²) in [5.74, 6) is 0.0426. The second kappa shape index (κ2) is 6.85. The van der Waals surface area contributed by atoms with Gasteiger partial charge in [0, 0.05) is 6.54 Å². The van der Waals surface area contributed by atoms with Gasteiger partial charge in [-0.05, 0) is 24.3 Å². The van der Waals surface area contributed by atoms with E-state index in [1.807, 2.05) is 37.3 Å². The molecule has 2 unspecified atom stereocenters. The van der Waals surface area contributed by atoms with Gasteiger partial charge in [0.15, 0.2) is 0 Å². The predicted octanol–water partition coefficient (Wildman–Crippen LogP) is 2.26. The van der Waals surface area contributed by atoms with Crippen molar-refractivity contribution in [2.75, 3.05) is 12.3 Å². The van der Waals surface area contributed by atoms with Crippen molar-refractivity contribution in [3.05, 3.63) is 35.9 Å². The van der Waals surface area contributed by atoms with Crippen LogP contribution in [0.3, 0.4) is 0 Å². The van der Waals surface area contributed by atoms with Crippen LogP contribution < -0.4 is 5.73 Å². The highest BCUT2D eigenvalue weighted by atomic mass is 32.2. The average Bonchev–Trinajstić information content (AvgIpc) is 2.47. The molecule has 2 N–H and O–H groups in total.